The molecule has 0 aromatic rings. The van der Waals surface area contributed by atoms with E-state index in [1.165, 1.54) is 51.4 Å². The van der Waals surface area contributed by atoms with Gasteiger partial charge in [-0.25, -0.2) is 0 Å². The summed E-state index contributed by atoms with van der Waals surface area (Å²) in [6.07, 6.45) is 18.2. The van der Waals surface area contributed by atoms with Gasteiger partial charge in [-0.3, -0.25) is 9.59 Å². The van der Waals surface area contributed by atoms with Crippen LogP contribution in [0.3, 0.4) is 0 Å². The molecule has 0 heterocycles. The first-order valence-electron chi connectivity index (χ1n) is 10.9. The fraction of sp³-hybridized carbons (Fsp3) is 0.826. The van der Waals surface area contributed by atoms with Crippen molar-refractivity contribution in [2.75, 3.05) is 0 Å². The molecule has 3 aliphatic rings. The highest BCUT2D eigenvalue weighted by Crippen LogP contribution is 2.39. The zero-order valence-corrected chi connectivity index (χ0v) is 16.1. The molecule has 0 radical (unpaired) electrons. The van der Waals surface area contributed by atoms with Crippen LogP contribution in [-0.2, 0) is 9.59 Å². The second-order valence-electron chi connectivity index (χ2n) is 9.03. The van der Waals surface area contributed by atoms with Gasteiger partial charge < -0.3 is 0 Å². The molecule has 2 fully saturated rings. The molecule has 0 spiro atoms. The number of hydrogen-bond acceptors (Lipinski definition) is 2. The molecule has 2 atom stereocenters. The lowest BCUT2D eigenvalue weighted by Crippen LogP contribution is -2.29. The quantitative estimate of drug-likeness (QED) is 0.585. The van der Waals surface area contributed by atoms with E-state index >= 15 is 0 Å². The van der Waals surface area contributed by atoms with Gasteiger partial charge >= 0.3 is 0 Å². The van der Waals surface area contributed by atoms with Crippen LogP contribution in [0.25, 0.3) is 0 Å². The largest absolute Gasteiger partial charge is 0.290 e. The van der Waals surface area contributed by atoms with Crippen LogP contribution in [0, 0.1) is 23.7 Å². The molecule has 2 saturated carbocycles. The number of rotatable bonds is 3. The van der Waals surface area contributed by atoms with Gasteiger partial charge in [0.2, 0.25) is 11.6 Å². The van der Waals surface area contributed by atoms with Gasteiger partial charge in [-0.1, -0.05) is 57.9 Å². The summed E-state index contributed by atoms with van der Waals surface area (Å²) in [7, 11) is 0. The average Bonchev–Trinajstić information content (AvgIpc) is 2.57. The minimum Gasteiger partial charge on any atom is -0.290 e. The van der Waals surface area contributed by atoms with E-state index in [4.69, 9.17) is 0 Å². The Morgan fingerprint density at radius 2 is 1.44 bits per heavy atom. The number of ketones is 2. The van der Waals surface area contributed by atoms with Gasteiger partial charge in [-0.15, -0.1) is 0 Å². The Labute approximate surface area is 153 Å². The Morgan fingerprint density at radius 1 is 0.800 bits per heavy atom. The van der Waals surface area contributed by atoms with Gasteiger partial charge in [0.05, 0.1) is 0 Å². The zero-order valence-electron chi connectivity index (χ0n) is 16.1. The van der Waals surface area contributed by atoms with E-state index in [1.807, 2.05) is 0 Å². The lowest BCUT2D eigenvalue weighted by atomic mass is 9.71. The number of Topliss-reactive ketones (excluding diaryl/α,β-unsaturated/α-hetero) is 2. The minimum atomic E-state index is -0.121. The van der Waals surface area contributed by atoms with Gasteiger partial charge in [0.25, 0.3) is 0 Å². The molecule has 0 aromatic heterocycles. The normalized spacial score (nSPS) is 34.5. The fourth-order valence-electron chi connectivity index (χ4n) is 5.46. The van der Waals surface area contributed by atoms with Crippen LogP contribution < -0.4 is 0 Å². The van der Waals surface area contributed by atoms with Crippen molar-refractivity contribution in [2.45, 2.75) is 96.8 Å². The molecule has 25 heavy (non-hydrogen) atoms. The molecular weight excluding hydrogens is 308 g/mol. The van der Waals surface area contributed by atoms with Crippen LogP contribution in [0.4, 0.5) is 0 Å². The Kier molecular flexibility index (Phi) is 6.90. The van der Waals surface area contributed by atoms with Crippen molar-refractivity contribution in [3.8, 4) is 0 Å². The molecule has 0 aliphatic heterocycles. The lowest BCUT2D eigenvalue weighted by molar-refractivity contribution is -0.137. The first-order valence-corrected chi connectivity index (χ1v) is 10.9. The van der Waals surface area contributed by atoms with Crippen LogP contribution in [0.15, 0.2) is 11.6 Å². The third-order valence-corrected chi connectivity index (χ3v) is 7.10. The molecule has 0 saturated heterocycles. The average molecular weight is 345 g/mol. The van der Waals surface area contributed by atoms with E-state index in [0.717, 1.165) is 55.9 Å². The Morgan fingerprint density at radius 3 is 2.16 bits per heavy atom. The van der Waals surface area contributed by atoms with Gasteiger partial charge in [-0.2, -0.15) is 0 Å². The summed E-state index contributed by atoms with van der Waals surface area (Å²) in [5, 5.41) is 0. The highest BCUT2D eigenvalue weighted by atomic mass is 16.2. The predicted molar refractivity (Wildman–Crippen MR) is 102 cm³/mol. The van der Waals surface area contributed by atoms with Crippen molar-refractivity contribution < 1.29 is 9.59 Å². The third-order valence-electron chi connectivity index (χ3n) is 7.10. The molecular formula is C23H36O2. The van der Waals surface area contributed by atoms with Crippen LogP contribution in [-0.4, -0.2) is 11.6 Å². The van der Waals surface area contributed by atoms with E-state index in [2.05, 4.69) is 13.0 Å². The minimum absolute atomic E-state index is 0.00602. The smallest absolute Gasteiger partial charge is 0.224 e. The molecule has 2 heteroatoms. The summed E-state index contributed by atoms with van der Waals surface area (Å²) >= 11 is 0. The van der Waals surface area contributed by atoms with E-state index in [1.54, 1.807) is 0 Å². The maximum Gasteiger partial charge on any atom is 0.224 e. The number of hydrogen-bond donors (Lipinski definition) is 0. The van der Waals surface area contributed by atoms with Crippen molar-refractivity contribution in [3.63, 3.8) is 0 Å². The summed E-state index contributed by atoms with van der Waals surface area (Å²) in [4.78, 5) is 25.9. The lowest BCUT2D eigenvalue weighted by Gasteiger charge is -2.33. The van der Waals surface area contributed by atoms with Crippen molar-refractivity contribution in [1.29, 1.82) is 0 Å². The molecule has 3 aliphatic carbocycles. The van der Waals surface area contributed by atoms with Gasteiger partial charge in [0.15, 0.2) is 0 Å². The predicted octanol–water partition coefficient (Wildman–Crippen LogP) is 6.04. The highest BCUT2D eigenvalue weighted by Gasteiger charge is 2.32. The van der Waals surface area contributed by atoms with Crippen LogP contribution in [0.2, 0.25) is 0 Å². The maximum absolute atomic E-state index is 13.0. The van der Waals surface area contributed by atoms with Crippen LogP contribution in [0.5, 0.6) is 0 Å². The summed E-state index contributed by atoms with van der Waals surface area (Å²) in [6, 6.07) is 0. The molecule has 2 nitrogen and oxygen atoms in total. The fourth-order valence-corrected chi connectivity index (χ4v) is 5.46. The SMILES string of the molecule is CC1CCCC(C(=O)C(=O)C2=CCCCC3CCCCC3C2)CCC1. The molecule has 3 rings (SSSR count). The van der Waals surface area contributed by atoms with Crippen LogP contribution in [0.1, 0.15) is 96.8 Å². The van der Waals surface area contributed by atoms with Gasteiger partial charge in [0.1, 0.15) is 0 Å². The number of allylic oxidation sites excluding steroid dienone is 2. The summed E-state index contributed by atoms with van der Waals surface area (Å²) in [6.45, 7) is 2.31. The Hall–Kier alpha value is -0.920. The van der Waals surface area contributed by atoms with E-state index in [9.17, 15) is 9.59 Å². The first-order chi connectivity index (χ1) is 12.1. The van der Waals surface area contributed by atoms with Crippen molar-refractivity contribution >= 4 is 11.6 Å². The van der Waals surface area contributed by atoms with Gasteiger partial charge in [-0.05, 0) is 68.3 Å². The molecule has 2 unspecified atom stereocenters. The number of fused-ring (bicyclic) bond motifs is 1. The first kappa shape index (κ1) is 18.9. The van der Waals surface area contributed by atoms with Crippen molar-refractivity contribution in [1.82, 2.24) is 0 Å². The topological polar surface area (TPSA) is 34.1 Å². The molecule has 0 bridgehead atoms. The molecule has 0 aromatic carbocycles. The molecule has 140 valence electrons. The Bertz CT molecular complexity index is 494. The van der Waals surface area contributed by atoms with E-state index < -0.39 is 0 Å². The highest BCUT2D eigenvalue weighted by molar-refractivity contribution is 6.44. The summed E-state index contributed by atoms with van der Waals surface area (Å²) in [5.74, 6) is 2.04. The second-order valence-corrected chi connectivity index (χ2v) is 9.03. The monoisotopic (exact) mass is 344 g/mol. The number of carbonyl (C=O) groups is 2. The van der Waals surface area contributed by atoms with Crippen molar-refractivity contribution in [3.05, 3.63) is 11.6 Å². The van der Waals surface area contributed by atoms with E-state index in [-0.39, 0.29) is 17.5 Å². The number of carbonyl (C=O) groups excluding carboxylic acids is 2. The Balaban J connectivity index is 1.64. The molecule has 0 N–H and O–H groups in total. The van der Waals surface area contributed by atoms with Gasteiger partial charge in [0, 0.05) is 5.92 Å². The van der Waals surface area contributed by atoms with Crippen molar-refractivity contribution in [2.24, 2.45) is 23.7 Å². The van der Waals surface area contributed by atoms with Crippen LogP contribution >= 0.6 is 0 Å². The molecule has 0 amide bonds. The standard InChI is InChI=1S/C23H36O2/c1-17-8-6-14-19(15-7-9-17)22(24)23(25)21-13-5-3-11-18-10-2-4-12-20(18)16-21/h13,17-20H,2-12,14-16H2,1H3. The summed E-state index contributed by atoms with van der Waals surface area (Å²) in [5.41, 5.74) is 0.872. The second kappa shape index (κ2) is 9.14. The third kappa shape index (κ3) is 5.05. The maximum atomic E-state index is 13.0. The summed E-state index contributed by atoms with van der Waals surface area (Å²) < 4.78 is 0. The van der Waals surface area contributed by atoms with E-state index in [0.29, 0.717) is 5.92 Å². The zero-order chi connectivity index (χ0) is 17.6.